The van der Waals surface area contributed by atoms with Crippen LogP contribution >= 0.6 is 0 Å². The van der Waals surface area contributed by atoms with Crippen LogP contribution in [0.1, 0.15) is 21.6 Å². The van der Waals surface area contributed by atoms with Crippen molar-refractivity contribution in [2.45, 2.75) is 13.0 Å². The molecule has 2 aromatic rings. The van der Waals surface area contributed by atoms with Gasteiger partial charge in [0.1, 0.15) is 12.0 Å². The Morgan fingerprint density at radius 2 is 2.17 bits per heavy atom. The molecule has 5 nitrogen and oxygen atoms in total. The number of carbonyl (C=O) groups is 1. The number of nitrogens with two attached hydrogens (primary N) is 1. The monoisotopic (exact) mass is 245 g/mol. The molecule has 18 heavy (non-hydrogen) atoms. The molecule has 0 atom stereocenters. The van der Waals surface area contributed by atoms with Gasteiger partial charge in [-0.15, -0.1) is 0 Å². The number of aromatic nitrogens is 1. The summed E-state index contributed by atoms with van der Waals surface area (Å²) in [7, 11) is 0. The topological polar surface area (TPSA) is 81.2 Å². The summed E-state index contributed by atoms with van der Waals surface area (Å²) in [6.07, 6.45) is 2.16. The zero-order chi connectivity index (χ0) is 12.8. The first kappa shape index (κ1) is 12.3. The van der Waals surface area contributed by atoms with Gasteiger partial charge in [-0.1, -0.05) is 23.4 Å². The quantitative estimate of drug-likeness (QED) is 0.826. The molecule has 0 saturated heterocycles. The zero-order valence-corrected chi connectivity index (χ0v) is 9.93. The van der Waals surface area contributed by atoms with Gasteiger partial charge < -0.3 is 15.6 Å². The number of rotatable bonds is 5. The van der Waals surface area contributed by atoms with E-state index in [4.69, 9.17) is 10.3 Å². The molecule has 1 aromatic carbocycles. The van der Waals surface area contributed by atoms with Crippen molar-refractivity contribution in [1.29, 1.82) is 0 Å². The van der Waals surface area contributed by atoms with Gasteiger partial charge in [0.15, 0.2) is 0 Å². The summed E-state index contributed by atoms with van der Waals surface area (Å²) in [4.78, 5) is 12.0. The lowest BCUT2D eigenvalue weighted by Crippen LogP contribution is -2.24. The standard InChI is InChI=1S/C13H15N3O2/c14-7-5-10-3-1-2-4-12(10)13(17)15-9-11-6-8-18-16-11/h1-4,6,8H,5,7,9,14H2,(H,15,17). The van der Waals surface area contributed by atoms with Gasteiger partial charge in [-0.25, -0.2) is 0 Å². The largest absolute Gasteiger partial charge is 0.364 e. The van der Waals surface area contributed by atoms with Gasteiger partial charge in [0.05, 0.1) is 6.54 Å². The van der Waals surface area contributed by atoms with Crippen molar-refractivity contribution in [1.82, 2.24) is 10.5 Å². The fourth-order valence-electron chi connectivity index (χ4n) is 1.71. The van der Waals surface area contributed by atoms with Crippen molar-refractivity contribution in [3.8, 4) is 0 Å². The number of hydrogen-bond donors (Lipinski definition) is 2. The summed E-state index contributed by atoms with van der Waals surface area (Å²) < 4.78 is 4.70. The van der Waals surface area contributed by atoms with Gasteiger partial charge in [0, 0.05) is 11.6 Å². The van der Waals surface area contributed by atoms with Crippen LogP contribution in [-0.2, 0) is 13.0 Å². The van der Waals surface area contributed by atoms with Crippen LogP contribution < -0.4 is 11.1 Å². The lowest BCUT2D eigenvalue weighted by atomic mass is 10.0. The molecule has 0 bridgehead atoms. The van der Waals surface area contributed by atoms with E-state index in [1.807, 2.05) is 18.2 Å². The number of nitrogens with one attached hydrogen (secondary N) is 1. The Balaban J connectivity index is 2.04. The molecule has 0 aliphatic carbocycles. The molecular formula is C13H15N3O2. The van der Waals surface area contributed by atoms with Gasteiger partial charge in [-0.2, -0.15) is 0 Å². The van der Waals surface area contributed by atoms with Crippen LogP contribution in [0.2, 0.25) is 0 Å². The van der Waals surface area contributed by atoms with Crippen molar-refractivity contribution in [3.63, 3.8) is 0 Å². The molecular weight excluding hydrogens is 230 g/mol. The van der Waals surface area contributed by atoms with Crippen LogP contribution in [0, 0.1) is 0 Å². The van der Waals surface area contributed by atoms with E-state index in [9.17, 15) is 4.79 Å². The van der Waals surface area contributed by atoms with E-state index >= 15 is 0 Å². The van der Waals surface area contributed by atoms with E-state index in [1.165, 1.54) is 6.26 Å². The first-order chi connectivity index (χ1) is 8.81. The average molecular weight is 245 g/mol. The zero-order valence-electron chi connectivity index (χ0n) is 9.93. The molecule has 1 amide bonds. The summed E-state index contributed by atoms with van der Waals surface area (Å²) in [6, 6.07) is 9.16. The Morgan fingerprint density at radius 1 is 1.33 bits per heavy atom. The molecule has 2 rings (SSSR count). The van der Waals surface area contributed by atoms with Crippen LogP contribution in [0.4, 0.5) is 0 Å². The number of nitrogens with zero attached hydrogens (tertiary/aromatic N) is 1. The van der Waals surface area contributed by atoms with E-state index < -0.39 is 0 Å². The van der Waals surface area contributed by atoms with E-state index in [0.29, 0.717) is 30.8 Å². The lowest BCUT2D eigenvalue weighted by molar-refractivity contribution is 0.0949. The Bertz CT molecular complexity index is 509. The number of amides is 1. The van der Waals surface area contributed by atoms with Crippen LogP contribution in [0.25, 0.3) is 0 Å². The maximum absolute atomic E-state index is 12.0. The van der Waals surface area contributed by atoms with Gasteiger partial charge >= 0.3 is 0 Å². The fraction of sp³-hybridized carbons (Fsp3) is 0.231. The summed E-state index contributed by atoms with van der Waals surface area (Å²) in [5.74, 6) is -0.123. The first-order valence-corrected chi connectivity index (χ1v) is 5.76. The summed E-state index contributed by atoms with van der Waals surface area (Å²) in [5.41, 5.74) is 7.84. The predicted octanol–water partition coefficient (Wildman–Crippen LogP) is 1.11. The minimum absolute atomic E-state index is 0.123. The van der Waals surface area contributed by atoms with Crippen molar-refractivity contribution in [3.05, 3.63) is 53.4 Å². The average Bonchev–Trinajstić information content (AvgIpc) is 2.90. The Hall–Kier alpha value is -2.14. The number of carbonyl (C=O) groups excluding carboxylic acids is 1. The minimum Gasteiger partial charge on any atom is -0.364 e. The molecule has 5 heteroatoms. The van der Waals surface area contributed by atoms with Crippen LogP contribution in [0.5, 0.6) is 0 Å². The molecule has 3 N–H and O–H groups in total. The highest BCUT2D eigenvalue weighted by Crippen LogP contribution is 2.09. The summed E-state index contributed by atoms with van der Waals surface area (Å²) in [5, 5.41) is 6.53. The number of hydrogen-bond acceptors (Lipinski definition) is 4. The Kier molecular flexibility index (Phi) is 4.09. The maximum atomic E-state index is 12.0. The van der Waals surface area contributed by atoms with E-state index in [0.717, 1.165) is 5.56 Å². The van der Waals surface area contributed by atoms with Crippen LogP contribution in [-0.4, -0.2) is 17.6 Å². The normalized spacial score (nSPS) is 10.3. The van der Waals surface area contributed by atoms with Crippen LogP contribution in [0.3, 0.4) is 0 Å². The molecule has 0 aliphatic rings. The second kappa shape index (κ2) is 5.97. The third-order valence-corrected chi connectivity index (χ3v) is 2.60. The molecule has 0 radical (unpaired) electrons. The SMILES string of the molecule is NCCc1ccccc1C(=O)NCc1ccon1. The van der Waals surface area contributed by atoms with Gasteiger partial charge in [-0.05, 0) is 24.6 Å². The first-order valence-electron chi connectivity index (χ1n) is 5.76. The van der Waals surface area contributed by atoms with Crippen LogP contribution in [0.15, 0.2) is 41.1 Å². The molecule has 0 saturated carbocycles. The lowest BCUT2D eigenvalue weighted by Gasteiger charge is -2.08. The Labute approximate surface area is 105 Å². The number of benzene rings is 1. The predicted molar refractivity (Wildman–Crippen MR) is 66.9 cm³/mol. The van der Waals surface area contributed by atoms with Crippen molar-refractivity contribution >= 4 is 5.91 Å². The molecule has 0 spiro atoms. The molecule has 0 aliphatic heterocycles. The van der Waals surface area contributed by atoms with Gasteiger partial charge in [0.25, 0.3) is 5.91 Å². The molecule has 1 aromatic heterocycles. The maximum Gasteiger partial charge on any atom is 0.251 e. The third-order valence-electron chi connectivity index (χ3n) is 2.60. The highest BCUT2D eigenvalue weighted by Gasteiger charge is 2.10. The molecule has 0 unspecified atom stereocenters. The summed E-state index contributed by atoms with van der Waals surface area (Å²) in [6.45, 7) is 0.875. The van der Waals surface area contributed by atoms with Gasteiger partial charge in [0.2, 0.25) is 0 Å². The molecule has 1 heterocycles. The van der Waals surface area contributed by atoms with Gasteiger partial charge in [-0.3, -0.25) is 4.79 Å². The third kappa shape index (κ3) is 2.95. The van der Waals surface area contributed by atoms with E-state index in [1.54, 1.807) is 12.1 Å². The van der Waals surface area contributed by atoms with E-state index in [-0.39, 0.29) is 5.91 Å². The second-order valence-electron chi connectivity index (χ2n) is 3.87. The highest BCUT2D eigenvalue weighted by atomic mass is 16.5. The molecule has 94 valence electrons. The smallest absolute Gasteiger partial charge is 0.251 e. The fourth-order valence-corrected chi connectivity index (χ4v) is 1.71. The Morgan fingerprint density at radius 3 is 2.89 bits per heavy atom. The van der Waals surface area contributed by atoms with E-state index in [2.05, 4.69) is 10.5 Å². The second-order valence-corrected chi connectivity index (χ2v) is 3.87. The molecule has 0 fully saturated rings. The minimum atomic E-state index is -0.123. The highest BCUT2D eigenvalue weighted by molar-refractivity contribution is 5.95. The van der Waals surface area contributed by atoms with Crippen molar-refractivity contribution < 1.29 is 9.32 Å². The van der Waals surface area contributed by atoms with Crippen molar-refractivity contribution in [2.75, 3.05) is 6.54 Å². The summed E-state index contributed by atoms with van der Waals surface area (Å²) >= 11 is 0. The van der Waals surface area contributed by atoms with Crippen molar-refractivity contribution in [2.24, 2.45) is 5.73 Å².